The van der Waals surface area contributed by atoms with Gasteiger partial charge in [0.1, 0.15) is 0 Å². The highest BCUT2D eigenvalue weighted by atomic mass is 35.5. The van der Waals surface area contributed by atoms with Gasteiger partial charge in [-0.2, -0.15) is 4.31 Å². The third-order valence-electron chi connectivity index (χ3n) is 4.08. The van der Waals surface area contributed by atoms with Crippen LogP contribution in [-0.2, 0) is 16.6 Å². The molecule has 1 N–H and O–H groups in total. The Morgan fingerprint density at radius 1 is 1.15 bits per heavy atom. The first-order valence-corrected chi connectivity index (χ1v) is 9.70. The standard InChI is InChI=1S/C16H17ClN4O4S/c17-12-2-1-3-14(8-12)26(24,25)21-6-4-20(5-7-21)11-13-9-19-15(10-18-13)16(22)23/h1-3,8-10H,4-7,11H2,(H,22,23). The van der Waals surface area contributed by atoms with Crippen molar-refractivity contribution < 1.29 is 18.3 Å². The van der Waals surface area contributed by atoms with E-state index in [4.69, 9.17) is 16.7 Å². The highest BCUT2D eigenvalue weighted by Gasteiger charge is 2.28. The zero-order chi connectivity index (χ0) is 18.7. The van der Waals surface area contributed by atoms with E-state index in [1.54, 1.807) is 12.1 Å². The van der Waals surface area contributed by atoms with Gasteiger partial charge in [0, 0.05) is 37.7 Å². The molecule has 0 radical (unpaired) electrons. The Kier molecular flexibility index (Phi) is 5.52. The maximum atomic E-state index is 12.7. The average Bonchev–Trinajstić information content (AvgIpc) is 2.62. The maximum Gasteiger partial charge on any atom is 0.356 e. The van der Waals surface area contributed by atoms with Gasteiger partial charge in [-0.1, -0.05) is 17.7 Å². The largest absolute Gasteiger partial charge is 0.476 e. The summed E-state index contributed by atoms with van der Waals surface area (Å²) >= 11 is 5.89. The average molecular weight is 397 g/mol. The number of benzene rings is 1. The number of rotatable bonds is 5. The van der Waals surface area contributed by atoms with Crippen molar-refractivity contribution >= 4 is 27.6 Å². The summed E-state index contributed by atoms with van der Waals surface area (Å²) in [6.07, 6.45) is 2.65. The summed E-state index contributed by atoms with van der Waals surface area (Å²) in [5.41, 5.74) is 0.535. The van der Waals surface area contributed by atoms with Gasteiger partial charge in [0.2, 0.25) is 10.0 Å². The van der Waals surface area contributed by atoms with E-state index in [1.807, 2.05) is 0 Å². The quantitative estimate of drug-likeness (QED) is 0.813. The zero-order valence-electron chi connectivity index (χ0n) is 13.7. The van der Waals surface area contributed by atoms with Crippen LogP contribution in [0.1, 0.15) is 16.2 Å². The summed E-state index contributed by atoms with van der Waals surface area (Å²) in [5.74, 6) is -1.12. The van der Waals surface area contributed by atoms with Crippen LogP contribution in [0.15, 0.2) is 41.6 Å². The molecule has 3 rings (SSSR count). The molecule has 1 aromatic heterocycles. The summed E-state index contributed by atoms with van der Waals surface area (Å²) in [6, 6.07) is 6.23. The lowest BCUT2D eigenvalue weighted by Gasteiger charge is -2.33. The van der Waals surface area contributed by atoms with Gasteiger partial charge in [0.05, 0.1) is 23.0 Å². The third kappa shape index (κ3) is 4.18. The highest BCUT2D eigenvalue weighted by molar-refractivity contribution is 7.89. The molecule has 1 saturated heterocycles. The maximum absolute atomic E-state index is 12.7. The number of carboxylic acids is 1. The van der Waals surface area contributed by atoms with Crippen LogP contribution >= 0.6 is 11.6 Å². The van der Waals surface area contributed by atoms with Crippen LogP contribution in [0.4, 0.5) is 0 Å². The number of piperazine rings is 1. The number of carboxylic acid groups (broad SMARTS) is 1. The Bertz CT molecular complexity index is 897. The number of nitrogens with zero attached hydrogens (tertiary/aromatic N) is 4. The van der Waals surface area contributed by atoms with Gasteiger partial charge in [0.25, 0.3) is 0 Å². The molecular formula is C16H17ClN4O4S. The predicted octanol–water partition coefficient (Wildman–Crippen LogP) is 1.33. The van der Waals surface area contributed by atoms with E-state index >= 15 is 0 Å². The molecule has 1 aliphatic heterocycles. The summed E-state index contributed by atoms with van der Waals surface area (Å²) in [5, 5.41) is 9.21. The molecule has 10 heteroatoms. The molecule has 1 aliphatic rings. The summed E-state index contributed by atoms with van der Waals surface area (Å²) in [7, 11) is -3.57. The fourth-order valence-corrected chi connectivity index (χ4v) is 4.40. The fraction of sp³-hybridized carbons (Fsp3) is 0.312. The molecule has 138 valence electrons. The monoisotopic (exact) mass is 396 g/mol. The Morgan fingerprint density at radius 2 is 1.88 bits per heavy atom. The van der Waals surface area contributed by atoms with Gasteiger partial charge in [-0.3, -0.25) is 9.88 Å². The first kappa shape index (κ1) is 18.7. The van der Waals surface area contributed by atoms with Gasteiger partial charge in [-0.15, -0.1) is 0 Å². The van der Waals surface area contributed by atoms with Crippen LogP contribution in [0, 0.1) is 0 Å². The van der Waals surface area contributed by atoms with Crippen molar-refractivity contribution in [3.8, 4) is 0 Å². The van der Waals surface area contributed by atoms with E-state index in [0.29, 0.717) is 43.4 Å². The Morgan fingerprint density at radius 3 is 2.46 bits per heavy atom. The van der Waals surface area contributed by atoms with Crippen molar-refractivity contribution in [2.75, 3.05) is 26.2 Å². The van der Waals surface area contributed by atoms with Crippen molar-refractivity contribution in [3.63, 3.8) is 0 Å². The van der Waals surface area contributed by atoms with Crippen molar-refractivity contribution in [2.45, 2.75) is 11.4 Å². The lowest BCUT2D eigenvalue weighted by molar-refractivity contribution is 0.0690. The van der Waals surface area contributed by atoms with Crippen molar-refractivity contribution in [1.82, 2.24) is 19.2 Å². The van der Waals surface area contributed by atoms with Crippen LogP contribution in [0.25, 0.3) is 0 Å². The third-order valence-corrected chi connectivity index (χ3v) is 6.20. The predicted molar refractivity (Wildman–Crippen MR) is 94.5 cm³/mol. The Hall–Kier alpha value is -2.07. The number of carbonyl (C=O) groups is 1. The molecule has 0 atom stereocenters. The van der Waals surface area contributed by atoms with Gasteiger partial charge < -0.3 is 5.11 Å². The SMILES string of the molecule is O=C(O)c1cnc(CN2CCN(S(=O)(=O)c3cccc(Cl)c3)CC2)cn1. The van der Waals surface area contributed by atoms with E-state index < -0.39 is 16.0 Å². The molecule has 26 heavy (non-hydrogen) atoms. The van der Waals surface area contributed by atoms with Crippen LogP contribution in [0.5, 0.6) is 0 Å². The minimum absolute atomic E-state index is 0.105. The molecule has 0 unspecified atom stereocenters. The second-order valence-electron chi connectivity index (χ2n) is 5.84. The lowest BCUT2D eigenvalue weighted by Crippen LogP contribution is -2.48. The van der Waals surface area contributed by atoms with Crippen molar-refractivity contribution in [3.05, 3.63) is 53.1 Å². The molecule has 2 aromatic rings. The molecule has 0 amide bonds. The summed E-state index contributed by atoms with van der Waals surface area (Å²) < 4.78 is 26.8. The van der Waals surface area contributed by atoms with Crippen LogP contribution < -0.4 is 0 Å². The van der Waals surface area contributed by atoms with E-state index in [-0.39, 0.29) is 10.6 Å². The first-order chi connectivity index (χ1) is 12.4. The number of hydrogen-bond donors (Lipinski definition) is 1. The van der Waals surface area contributed by atoms with Crippen LogP contribution in [-0.4, -0.2) is 64.8 Å². The molecule has 1 fully saturated rings. The molecule has 2 heterocycles. The van der Waals surface area contributed by atoms with E-state index in [9.17, 15) is 13.2 Å². The normalized spacial score (nSPS) is 16.5. The summed E-state index contributed by atoms with van der Waals surface area (Å²) in [6.45, 7) is 2.28. The van der Waals surface area contributed by atoms with E-state index in [0.717, 1.165) is 0 Å². The van der Waals surface area contributed by atoms with Gasteiger partial charge >= 0.3 is 5.97 Å². The highest BCUT2D eigenvalue weighted by Crippen LogP contribution is 2.21. The topological polar surface area (TPSA) is 104 Å². The minimum Gasteiger partial charge on any atom is -0.476 e. The summed E-state index contributed by atoms with van der Waals surface area (Å²) in [4.78, 5) is 21.0. The second kappa shape index (κ2) is 7.67. The fourth-order valence-electron chi connectivity index (χ4n) is 2.68. The van der Waals surface area contributed by atoms with Gasteiger partial charge in [-0.05, 0) is 18.2 Å². The molecule has 0 saturated carbocycles. The Balaban J connectivity index is 1.61. The number of aromatic carboxylic acids is 1. The number of aromatic nitrogens is 2. The molecule has 8 nitrogen and oxygen atoms in total. The molecular weight excluding hydrogens is 380 g/mol. The lowest BCUT2D eigenvalue weighted by atomic mass is 10.3. The van der Waals surface area contributed by atoms with E-state index in [1.165, 1.54) is 28.8 Å². The van der Waals surface area contributed by atoms with Crippen LogP contribution in [0.3, 0.4) is 0 Å². The number of sulfonamides is 1. The van der Waals surface area contributed by atoms with E-state index in [2.05, 4.69) is 14.9 Å². The molecule has 1 aromatic carbocycles. The van der Waals surface area contributed by atoms with Gasteiger partial charge in [-0.25, -0.2) is 18.2 Å². The van der Waals surface area contributed by atoms with Gasteiger partial charge in [0.15, 0.2) is 5.69 Å². The Labute approximate surface area is 156 Å². The molecule has 0 bridgehead atoms. The first-order valence-electron chi connectivity index (χ1n) is 7.88. The smallest absolute Gasteiger partial charge is 0.356 e. The number of hydrogen-bond acceptors (Lipinski definition) is 6. The number of halogens is 1. The molecule has 0 aliphatic carbocycles. The van der Waals surface area contributed by atoms with Crippen molar-refractivity contribution in [2.24, 2.45) is 0 Å². The zero-order valence-corrected chi connectivity index (χ0v) is 15.3. The van der Waals surface area contributed by atoms with Crippen LogP contribution in [0.2, 0.25) is 5.02 Å². The minimum atomic E-state index is -3.57. The second-order valence-corrected chi connectivity index (χ2v) is 8.21. The molecule has 0 spiro atoms. The van der Waals surface area contributed by atoms with Crippen molar-refractivity contribution in [1.29, 1.82) is 0 Å².